The average molecular weight is 520 g/mol. The highest BCUT2D eigenvalue weighted by Gasteiger charge is 2.25. The summed E-state index contributed by atoms with van der Waals surface area (Å²) >= 11 is 12.6. The first-order chi connectivity index (χ1) is 17.3. The predicted octanol–water partition coefficient (Wildman–Crippen LogP) is 6.85. The van der Waals surface area contributed by atoms with Crippen LogP contribution in [0.15, 0.2) is 61.1 Å². The first-order valence-electron chi connectivity index (χ1n) is 10.7. The summed E-state index contributed by atoms with van der Waals surface area (Å²) in [6.07, 6.45) is 2.79. The van der Waals surface area contributed by atoms with Crippen LogP contribution in [0, 0.1) is 35.3 Å². The van der Waals surface area contributed by atoms with Gasteiger partial charge >= 0.3 is 5.69 Å². The third-order valence-corrected chi connectivity index (χ3v) is 6.07. The van der Waals surface area contributed by atoms with Gasteiger partial charge in [-0.25, -0.2) is 15.0 Å². The number of nitrogens with one attached hydrogen (secondary N) is 2. The lowest BCUT2D eigenvalue weighted by Crippen LogP contribution is -2.07. The van der Waals surface area contributed by atoms with Gasteiger partial charge in [0.1, 0.15) is 12.1 Å². The second kappa shape index (κ2) is 10.6. The highest BCUT2D eigenvalue weighted by atomic mass is 35.5. The largest absolute Gasteiger partial charge is 0.353 e. The first kappa shape index (κ1) is 24.9. The van der Waals surface area contributed by atoms with E-state index in [0.29, 0.717) is 32.7 Å². The molecule has 0 amide bonds. The van der Waals surface area contributed by atoms with E-state index in [4.69, 9.17) is 23.2 Å². The van der Waals surface area contributed by atoms with E-state index in [-0.39, 0.29) is 17.3 Å². The van der Waals surface area contributed by atoms with Crippen LogP contribution in [0.3, 0.4) is 0 Å². The fourth-order valence-corrected chi connectivity index (χ4v) is 4.03. The van der Waals surface area contributed by atoms with Crippen LogP contribution in [0.25, 0.3) is 0 Å². The molecule has 0 spiro atoms. The smallest absolute Gasteiger partial charge is 0.334 e. The lowest BCUT2D eigenvalue weighted by Gasteiger charge is -2.17. The van der Waals surface area contributed by atoms with E-state index in [9.17, 15) is 15.4 Å². The number of hydrogen-bond donors (Lipinski definition) is 2. The molecule has 2 aromatic heterocycles. The average Bonchev–Trinajstić information content (AvgIpc) is 2.85. The van der Waals surface area contributed by atoms with Gasteiger partial charge in [-0.3, -0.25) is 10.1 Å². The Morgan fingerprint density at radius 2 is 1.67 bits per heavy atom. The maximum absolute atomic E-state index is 12.0. The number of rotatable bonds is 7. The molecule has 2 N–H and O–H groups in total. The predicted molar refractivity (Wildman–Crippen MR) is 139 cm³/mol. The number of nitro groups is 1. The molecule has 0 aliphatic carbocycles. The summed E-state index contributed by atoms with van der Waals surface area (Å²) in [5, 5.41) is 28.6. The number of benzene rings is 2. The Labute approximate surface area is 216 Å². The molecule has 9 nitrogen and oxygen atoms in total. The minimum atomic E-state index is -0.617. The Morgan fingerprint density at radius 3 is 2.31 bits per heavy atom. The van der Waals surface area contributed by atoms with Crippen molar-refractivity contribution < 1.29 is 4.92 Å². The molecule has 0 fully saturated rings. The maximum atomic E-state index is 12.0. The number of nitriles is 1. The van der Waals surface area contributed by atoms with Crippen LogP contribution in [0.2, 0.25) is 10.0 Å². The van der Waals surface area contributed by atoms with Crippen molar-refractivity contribution in [3.05, 3.63) is 103 Å². The van der Waals surface area contributed by atoms with Crippen molar-refractivity contribution in [1.82, 2.24) is 15.0 Å². The molecule has 180 valence electrons. The minimum absolute atomic E-state index is 0.00745. The van der Waals surface area contributed by atoms with E-state index >= 15 is 0 Å². The first-order valence-corrected chi connectivity index (χ1v) is 11.4. The molecule has 0 saturated heterocycles. The Hall–Kier alpha value is -4.26. The lowest BCUT2D eigenvalue weighted by atomic mass is 9.91. The van der Waals surface area contributed by atoms with Gasteiger partial charge in [0.2, 0.25) is 11.6 Å². The molecule has 4 rings (SSSR count). The second-order valence-corrected chi connectivity index (χ2v) is 8.74. The molecule has 11 heteroatoms. The zero-order valence-corrected chi connectivity index (χ0v) is 20.7. The standard InChI is InChI=1S/C25H19Cl2N7O2/c1-14-4-3-9-29-23(14)33-25-22(34(35)36)24(30-13-31-25)32-21-11-20(27)18(10-15(21)2)19(12-28)16-5-7-17(26)8-6-16/h3-11,13,19H,1-2H3,(H2,29,30,31,32,33). The Balaban J connectivity index is 1.70. The molecule has 0 aliphatic heterocycles. The van der Waals surface area contributed by atoms with Crippen molar-refractivity contribution in [1.29, 1.82) is 5.26 Å². The van der Waals surface area contributed by atoms with E-state index < -0.39 is 10.8 Å². The minimum Gasteiger partial charge on any atom is -0.334 e. The quantitative estimate of drug-likeness (QED) is 0.200. The topological polar surface area (TPSA) is 130 Å². The van der Waals surface area contributed by atoms with Crippen molar-refractivity contribution in [2.24, 2.45) is 0 Å². The van der Waals surface area contributed by atoms with Crippen LogP contribution in [-0.2, 0) is 0 Å². The zero-order chi connectivity index (χ0) is 25.8. The lowest BCUT2D eigenvalue weighted by molar-refractivity contribution is -0.383. The fourth-order valence-electron chi connectivity index (χ4n) is 3.63. The van der Waals surface area contributed by atoms with Gasteiger partial charge in [-0.15, -0.1) is 0 Å². The molecule has 1 unspecified atom stereocenters. The van der Waals surface area contributed by atoms with Gasteiger partial charge in [0, 0.05) is 21.9 Å². The molecule has 0 saturated carbocycles. The van der Waals surface area contributed by atoms with E-state index in [2.05, 4.69) is 31.7 Å². The maximum Gasteiger partial charge on any atom is 0.353 e. The number of halogens is 2. The molecular weight excluding hydrogens is 501 g/mol. The second-order valence-electron chi connectivity index (χ2n) is 7.90. The van der Waals surface area contributed by atoms with Crippen molar-refractivity contribution in [2.75, 3.05) is 10.6 Å². The van der Waals surface area contributed by atoms with Crippen LogP contribution in [0.1, 0.15) is 28.2 Å². The molecule has 0 radical (unpaired) electrons. The van der Waals surface area contributed by atoms with Gasteiger partial charge in [0.05, 0.1) is 16.9 Å². The van der Waals surface area contributed by atoms with Crippen molar-refractivity contribution >= 4 is 52.0 Å². The van der Waals surface area contributed by atoms with Gasteiger partial charge < -0.3 is 10.6 Å². The van der Waals surface area contributed by atoms with Crippen LogP contribution in [0.4, 0.5) is 28.8 Å². The number of hydrogen-bond acceptors (Lipinski definition) is 8. The van der Waals surface area contributed by atoms with Crippen LogP contribution < -0.4 is 10.6 Å². The van der Waals surface area contributed by atoms with Crippen molar-refractivity contribution in [2.45, 2.75) is 19.8 Å². The number of aryl methyl sites for hydroxylation is 2. The summed E-state index contributed by atoms with van der Waals surface area (Å²) in [6.45, 7) is 3.63. The molecule has 2 aromatic carbocycles. The third kappa shape index (κ3) is 5.20. The Kier molecular flexibility index (Phi) is 7.29. The van der Waals surface area contributed by atoms with Gasteiger partial charge in [0.15, 0.2) is 0 Å². The molecule has 36 heavy (non-hydrogen) atoms. The monoisotopic (exact) mass is 519 g/mol. The zero-order valence-electron chi connectivity index (χ0n) is 19.2. The normalized spacial score (nSPS) is 11.4. The van der Waals surface area contributed by atoms with Crippen LogP contribution in [-0.4, -0.2) is 19.9 Å². The van der Waals surface area contributed by atoms with Crippen LogP contribution in [0.5, 0.6) is 0 Å². The van der Waals surface area contributed by atoms with E-state index in [1.807, 2.05) is 19.9 Å². The van der Waals surface area contributed by atoms with Gasteiger partial charge in [-0.2, -0.15) is 5.26 Å². The van der Waals surface area contributed by atoms with E-state index in [1.54, 1.807) is 48.7 Å². The molecule has 4 aromatic rings. The summed E-state index contributed by atoms with van der Waals surface area (Å²) in [5.41, 5.74) is 3.01. The van der Waals surface area contributed by atoms with E-state index in [0.717, 1.165) is 11.1 Å². The third-order valence-electron chi connectivity index (χ3n) is 5.49. The Morgan fingerprint density at radius 1 is 0.972 bits per heavy atom. The Bertz CT molecular complexity index is 1490. The highest BCUT2D eigenvalue weighted by Crippen LogP contribution is 2.38. The molecular formula is C25H19Cl2N7O2. The SMILES string of the molecule is Cc1cc(C(C#N)c2ccc(Cl)cc2)c(Cl)cc1Nc1ncnc(Nc2ncccc2C)c1[N+](=O)[O-]. The van der Waals surface area contributed by atoms with Crippen LogP contribution >= 0.6 is 23.2 Å². The molecule has 1 atom stereocenters. The fraction of sp³-hybridized carbons (Fsp3) is 0.120. The summed E-state index contributed by atoms with van der Waals surface area (Å²) in [4.78, 5) is 23.8. The summed E-state index contributed by atoms with van der Waals surface area (Å²) in [6, 6.07) is 16.2. The number of pyridine rings is 1. The highest BCUT2D eigenvalue weighted by molar-refractivity contribution is 6.32. The van der Waals surface area contributed by atoms with Gasteiger partial charge in [-0.1, -0.05) is 47.5 Å². The molecule has 2 heterocycles. The van der Waals surface area contributed by atoms with Crippen molar-refractivity contribution in [3.63, 3.8) is 0 Å². The number of aromatic nitrogens is 3. The van der Waals surface area contributed by atoms with Gasteiger partial charge in [-0.05, 0) is 60.4 Å². The van der Waals surface area contributed by atoms with Gasteiger partial charge in [0.25, 0.3) is 0 Å². The molecule has 0 bridgehead atoms. The summed E-state index contributed by atoms with van der Waals surface area (Å²) in [7, 11) is 0. The molecule has 0 aliphatic rings. The van der Waals surface area contributed by atoms with E-state index in [1.165, 1.54) is 6.33 Å². The summed E-state index contributed by atoms with van der Waals surface area (Å²) < 4.78 is 0. The summed E-state index contributed by atoms with van der Waals surface area (Å²) in [5.74, 6) is -0.202. The number of nitrogens with zero attached hydrogens (tertiary/aromatic N) is 5. The number of anilines is 4. The van der Waals surface area contributed by atoms with Crippen molar-refractivity contribution in [3.8, 4) is 6.07 Å².